The number of benzene rings is 2. The van der Waals surface area contributed by atoms with E-state index in [1.165, 1.54) is 6.07 Å². The molecule has 106 valence electrons. The van der Waals surface area contributed by atoms with Crippen LogP contribution in [0.3, 0.4) is 0 Å². The van der Waals surface area contributed by atoms with E-state index in [0.29, 0.717) is 16.5 Å². The number of hydrogen-bond acceptors (Lipinski definition) is 1. The summed E-state index contributed by atoms with van der Waals surface area (Å²) in [5, 5.41) is 0.663. The van der Waals surface area contributed by atoms with Crippen LogP contribution in [0.25, 0.3) is 22.0 Å². The molecule has 5 heteroatoms. The molecule has 0 radical (unpaired) electrons. The predicted octanol–water partition coefficient (Wildman–Crippen LogP) is 5.68. The van der Waals surface area contributed by atoms with Crippen LogP contribution in [-0.2, 0) is 6.18 Å². The van der Waals surface area contributed by atoms with E-state index in [1.54, 1.807) is 48.5 Å². The van der Waals surface area contributed by atoms with Crippen molar-refractivity contribution in [2.24, 2.45) is 0 Å². The zero-order valence-corrected chi connectivity index (χ0v) is 12.2. The molecule has 0 N–H and O–H groups in total. The molecule has 0 aliphatic rings. The van der Waals surface area contributed by atoms with Gasteiger partial charge in [0, 0.05) is 15.4 Å². The van der Waals surface area contributed by atoms with Gasteiger partial charge < -0.3 is 0 Å². The van der Waals surface area contributed by atoms with Gasteiger partial charge in [-0.2, -0.15) is 13.2 Å². The van der Waals surface area contributed by atoms with Gasteiger partial charge in [0.15, 0.2) is 5.69 Å². The van der Waals surface area contributed by atoms with E-state index in [9.17, 15) is 13.2 Å². The standard InChI is InChI=1S/C16H9BrF3N/c17-12-6-7-14-11(8-12)9-13(10-4-2-1-3-5-10)15(21-14)16(18,19)20/h1-9H. The van der Waals surface area contributed by atoms with Crippen molar-refractivity contribution in [3.8, 4) is 11.1 Å². The minimum absolute atomic E-state index is 0.0914. The molecule has 21 heavy (non-hydrogen) atoms. The van der Waals surface area contributed by atoms with Gasteiger partial charge in [-0.15, -0.1) is 0 Å². The summed E-state index contributed by atoms with van der Waals surface area (Å²) in [4.78, 5) is 3.82. The number of hydrogen-bond donors (Lipinski definition) is 0. The van der Waals surface area contributed by atoms with Crippen molar-refractivity contribution < 1.29 is 13.2 Å². The molecule has 0 unspecified atom stereocenters. The number of fused-ring (bicyclic) bond motifs is 1. The number of rotatable bonds is 1. The maximum atomic E-state index is 13.3. The van der Waals surface area contributed by atoms with Crippen LogP contribution in [0.15, 0.2) is 59.1 Å². The number of nitrogens with zero attached hydrogens (tertiary/aromatic N) is 1. The second-order valence-electron chi connectivity index (χ2n) is 4.59. The van der Waals surface area contributed by atoms with Gasteiger partial charge in [-0.1, -0.05) is 46.3 Å². The van der Waals surface area contributed by atoms with Crippen molar-refractivity contribution >= 4 is 26.8 Å². The maximum absolute atomic E-state index is 13.3. The van der Waals surface area contributed by atoms with Crippen molar-refractivity contribution in [2.45, 2.75) is 6.18 Å². The van der Waals surface area contributed by atoms with Gasteiger partial charge in [0.2, 0.25) is 0 Å². The van der Waals surface area contributed by atoms with Gasteiger partial charge in [0.05, 0.1) is 5.52 Å². The van der Waals surface area contributed by atoms with Crippen molar-refractivity contribution in [3.63, 3.8) is 0 Å². The summed E-state index contributed by atoms with van der Waals surface area (Å²) in [6.07, 6.45) is -4.49. The highest BCUT2D eigenvalue weighted by molar-refractivity contribution is 9.10. The van der Waals surface area contributed by atoms with E-state index in [2.05, 4.69) is 20.9 Å². The molecule has 3 aromatic rings. The van der Waals surface area contributed by atoms with E-state index in [1.807, 2.05) is 0 Å². The molecule has 0 fully saturated rings. The Balaban J connectivity index is 2.34. The average molecular weight is 352 g/mol. The fraction of sp³-hybridized carbons (Fsp3) is 0.0625. The first-order chi connectivity index (χ1) is 9.95. The molecule has 1 nitrogen and oxygen atoms in total. The van der Waals surface area contributed by atoms with Crippen LogP contribution in [0.4, 0.5) is 13.2 Å². The Bertz CT molecular complexity index is 798. The van der Waals surface area contributed by atoms with Gasteiger partial charge in [0.25, 0.3) is 0 Å². The molecule has 1 aromatic heterocycles. The van der Waals surface area contributed by atoms with E-state index < -0.39 is 11.9 Å². The van der Waals surface area contributed by atoms with Gasteiger partial charge in [-0.3, -0.25) is 0 Å². The molecule has 0 bridgehead atoms. The first-order valence-electron chi connectivity index (χ1n) is 6.18. The molecule has 0 atom stereocenters. The van der Waals surface area contributed by atoms with Crippen LogP contribution in [0, 0.1) is 0 Å². The maximum Gasteiger partial charge on any atom is 0.433 e. The van der Waals surface area contributed by atoms with Gasteiger partial charge >= 0.3 is 6.18 Å². The van der Waals surface area contributed by atoms with E-state index >= 15 is 0 Å². The number of alkyl halides is 3. The van der Waals surface area contributed by atoms with E-state index in [-0.39, 0.29) is 5.56 Å². The van der Waals surface area contributed by atoms with Crippen LogP contribution < -0.4 is 0 Å². The number of aromatic nitrogens is 1. The Kier molecular flexibility index (Phi) is 3.45. The Hall–Kier alpha value is -1.88. The van der Waals surface area contributed by atoms with Crippen molar-refractivity contribution in [2.75, 3.05) is 0 Å². The molecule has 0 saturated heterocycles. The van der Waals surface area contributed by atoms with E-state index in [0.717, 1.165) is 4.47 Å². The van der Waals surface area contributed by atoms with Crippen molar-refractivity contribution in [3.05, 3.63) is 64.8 Å². The lowest BCUT2D eigenvalue weighted by Gasteiger charge is -2.13. The minimum atomic E-state index is -4.49. The van der Waals surface area contributed by atoms with Gasteiger partial charge in [-0.05, 0) is 29.8 Å². The summed E-state index contributed by atoms with van der Waals surface area (Å²) >= 11 is 3.32. The van der Waals surface area contributed by atoms with Crippen molar-refractivity contribution in [1.29, 1.82) is 0 Å². The Labute approximate surface area is 127 Å². The summed E-state index contributed by atoms with van der Waals surface area (Å²) in [6.45, 7) is 0. The van der Waals surface area contributed by atoms with Crippen LogP contribution >= 0.6 is 15.9 Å². The zero-order valence-electron chi connectivity index (χ0n) is 10.7. The fourth-order valence-corrected chi connectivity index (χ4v) is 2.58. The Morgan fingerprint density at radius 3 is 2.29 bits per heavy atom. The summed E-state index contributed by atoms with van der Waals surface area (Å²) in [5.41, 5.74) is 0.0571. The smallest absolute Gasteiger partial charge is 0.243 e. The summed E-state index contributed by atoms with van der Waals surface area (Å²) in [6, 6.07) is 15.0. The number of halogens is 4. The van der Waals surface area contributed by atoms with Crippen LogP contribution in [0.1, 0.15) is 5.69 Å². The molecular formula is C16H9BrF3N. The second kappa shape index (κ2) is 5.15. The monoisotopic (exact) mass is 351 g/mol. The molecule has 0 aliphatic carbocycles. The average Bonchev–Trinajstić information content (AvgIpc) is 2.45. The summed E-state index contributed by atoms with van der Waals surface area (Å²) in [5.74, 6) is 0. The first-order valence-corrected chi connectivity index (χ1v) is 6.97. The number of pyridine rings is 1. The minimum Gasteiger partial charge on any atom is -0.243 e. The molecule has 0 spiro atoms. The topological polar surface area (TPSA) is 12.9 Å². The SMILES string of the molecule is FC(F)(F)c1nc2ccc(Br)cc2cc1-c1ccccc1. The van der Waals surface area contributed by atoms with Crippen LogP contribution in [-0.4, -0.2) is 4.98 Å². The lowest BCUT2D eigenvalue weighted by Crippen LogP contribution is -2.10. The molecule has 0 saturated carbocycles. The highest BCUT2D eigenvalue weighted by Gasteiger charge is 2.36. The lowest BCUT2D eigenvalue weighted by atomic mass is 10.0. The third-order valence-electron chi connectivity index (χ3n) is 3.13. The Morgan fingerprint density at radius 2 is 1.62 bits per heavy atom. The quantitative estimate of drug-likeness (QED) is 0.549. The Morgan fingerprint density at radius 1 is 0.905 bits per heavy atom. The largest absolute Gasteiger partial charge is 0.433 e. The molecular weight excluding hydrogens is 343 g/mol. The van der Waals surface area contributed by atoms with Crippen LogP contribution in [0.2, 0.25) is 0 Å². The lowest BCUT2D eigenvalue weighted by molar-refractivity contribution is -0.140. The second-order valence-corrected chi connectivity index (χ2v) is 5.50. The zero-order chi connectivity index (χ0) is 15.0. The summed E-state index contributed by atoms with van der Waals surface area (Å²) < 4.78 is 40.6. The molecule has 2 aromatic carbocycles. The molecule has 1 heterocycles. The highest BCUT2D eigenvalue weighted by Crippen LogP contribution is 2.37. The van der Waals surface area contributed by atoms with Gasteiger partial charge in [-0.25, -0.2) is 4.98 Å². The molecule has 0 aliphatic heterocycles. The third-order valence-corrected chi connectivity index (χ3v) is 3.62. The van der Waals surface area contributed by atoms with Crippen molar-refractivity contribution in [1.82, 2.24) is 4.98 Å². The summed E-state index contributed by atoms with van der Waals surface area (Å²) in [7, 11) is 0. The van der Waals surface area contributed by atoms with Gasteiger partial charge in [0.1, 0.15) is 0 Å². The molecule has 3 rings (SSSR count). The third kappa shape index (κ3) is 2.78. The predicted molar refractivity (Wildman–Crippen MR) is 79.9 cm³/mol. The first kappa shape index (κ1) is 14.1. The fourth-order valence-electron chi connectivity index (χ4n) is 2.20. The molecule has 0 amide bonds. The van der Waals surface area contributed by atoms with E-state index in [4.69, 9.17) is 0 Å². The normalized spacial score (nSPS) is 11.8. The van der Waals surface area contributed by atoms with Crippen LogP contribution in [0.5, 0.6) is 0 Å². The highest BCUT2D eigenvalue weighted by atomic mass is 79.9.